The van der Waals surface area contributed by atoms with Gasteiger partial charge < -0.3 is 10.2 Å². The summed E-state index contributed by atoms with van der Waals surface area (Å²) >= 11 is 0. The van der Waals surface area contributed by atoms with Gasteiger partial charge >= 0.3 is 11.9 Å². The molecule has 298 valence electrons. The van der Waals surface area contributed by atoms with Gasteiger partial charge in [-0.25, -0.2) is 0 Å². The zero-order chi connectivity index (χ0) is 36.4. The highest BCUT2D eigenvalue weighted by Crippen LogP contribution is 2.20. The first kappa shape index (κ1) is 48.9. The van der Waals surface area contributed by atoms with E-state index in [-0.39, 0.29) is 0 Å². The van der Waals surface area contributed by atoms with E-state index in [0.717, 1.165) is 31.6 Å². The van der Waals surface area contributed by atoms with Crippen LogP contribution in [-0.2, 0) is 9.59 Å². The Morgan fingerprint density at radius 3 is 0.580 bits per heavy atom. The third-order valence-electron chi connectivity index (χ3n) is 11.2. The van der Waals surface area contributed by atoms with Gasteiger partial charge in [0, 0.05) is 12.8 Å². The minimum absolute atomic E-state index is 0.342. The minimum atomic E-state index is -0.651. The summed E-state index contributed by atoms with van der Waals surface area (Å²) in [6.07, 6.45) is 55.2. The van der Waals surface area contributed by atoms with Crippen molar-refractivity contribution in [1.29, 1.82) is 0 Å². The summed E-state index contributed by atoms with van der Waals surface area (Å²) in [7, 11) is 0. The summed E-state index contributed by atoms with van der Waals surface area (Å²) in [5.74, 6) is -0.373. The Morgan fingerprint density at radius 1 is 0.280 bits per heavy atom. The molecule has 0 aromatic heterocycles. The van der Waals surface area contributed by atoms with Crippen molar-refractivity contribution in [2.75, 3.05) is 0 Å². The Balaban J connectivity index is 3.15. The zero-order valence-electron chi connectivity index (χ0n) is 34.0. The Kier molecular flexibility index (Phi) is 41.5. The minimum Gasteiger partial charge on any atom is -0.481 e. The largest absolute Gasteiger partial charge is 0.481 e. The van der Waals surface area contributed by atoms with Crippen molar-refractivity contribution in [2.24, 2.45) is 5.92 Å². The van der Waals surface area contributed by atoms with Crippen LogP contribution in [0.25, 0.3) is 0 Å². The van der Waals surface area contributed by atoms with E-state index < -0.39 is 11.9 Å². The summed E-state index contributed by atoms with van der Waals surface area (Å²) < 4.78 is 0. The molecule has 50 heavy (non-hydrogen) atoms. The first-order valence-corrected chi connectivity index (χ1v) is 23.0. The summed E-state index contributed by atoms with van der Waals surface area (Å²) in [5.41, 5.74) is 0. The van der Waals surface area contributed by atoms with Crippen LogP contribution >= 0.6 is 0 Å². The maximum Gasteiger partial charge on any atom is 0.303 e. The van der Waals surface area contributed by atoms with E-state index in [4.69, 9.17) is 10.2 Å². The van der Waals surface area contributed by atoms with Crippen LogP contribution in [0.1, 0.15) is 277 Å². The lowest BCUT2D eigenvalue weighted by atomic mass is 9.95. The second-order valence-electron chi connectivity index (χ2n) is 16.4. The van der Waals surface area contributed by atoms with Crippen LogP contribution in [0.2, 0.25) is 0 Å². The van der Waals surface area contributed by atoms with Gasteiger partial charge in [0.05, 0.1) is 0 Å². The maximum atomic E-state index is 10.5. The molecule has 0 bridgehead atoms. The molecule has 0 rings (SSSR count). The van der Waals surface area contributed by atoms with Gasteiger partial charge in [0.25, 0.3) is 0 Å². The molecule has 0 saturated carbocycles. The Morgan fingerprint density at radius 2 is 0.420 bits per heavy atom. The van der Waals surface area contributed by atoms with Crippen molar-refractivity contribution in [2.45, 2.75) is 277 Å². The number of aliphatic carboxylic acids is 2. The van der Waals surface area contributed by atoms with Crippen LogP contribution in [0.3, 0.4) is 0 Å². The highest BCUT2D eigenvalue weighted by molar-refractivity contribution is 5.66. The van der Waals surface area contributed by atoms with Crippen LogP contribution in [0, 0.1) is 5.92 Å². The predicted molar refractivity (Wildman–Crippen MR) is 218 cm³/mol. The molecule has 0 aromatic carbocycles. The van der Waals surface area contributed by atoms with Crippen LogP contribution in [-0.4, -0.2) is 22.2 Å². The van der Waals surface area contributed by atoms with Crippen LogP contribution in [0.15, 0.2) is 0 Å². The quantitative estimate of drug-likeness (QED) is 0.0619. The zero-order valence-corrected chi connectivity index (χ0v) is 34.0. The summed E-state index contributed by atoms with van der Waals surface area (Å²) in [6.45, 7) is 2.49. The van der Waals surface area contributed by atoms with Crippen molar-refractivity contribution in [3.63, 3.8) is 0 Å². The van der Waals surface area contributed by atoms with E-state index in [1.54, 1.807) is 0 Å². The van der Waals surface area contributed by atoms with E-state index in [9.17, 15) is 9.59 Å². The highest BCUT2D eigenvalue weighted by atomic mass is 16.4. The van der Waals surface area contributed by atoms with E-state index in [2.05, 4.69) is 6.92 Å². The maximum absolute atomic E-state index is 10.5. The van der Waals surface area contributed by atoms with Gasteiger partial charge in [-0.2, -0.15) is 0 Å². The average molecular weight is 707 g/mol. The lowest BCUT2D eigenvalue weighted by molar-refractivity contribution is -0.138. The monoisotopic (exact) mass is 707 g/mol. The number of carboxylic acid groups (broad SMARTS) is 2. The topological polar surface area (TPSA) is 74.6 Å². The molecule has 0 atom stereocenters. The predicted octanol–water partition coefficient (Wildman–Crippen LogP) is 16.2. The number of carbonyl (C=O) groups is 2. The highest BCUT2D eigenvalue weighted by Gasteiger charge is 2.03. The molecule has 0 heterocycles. The number of hydrogen-bond acceptors (Lipinski definition) is 2. The molecule has 0 aromatic rings. The summed E-state index contributed by atoms with van der Waals surface area (Å²) in [6, 6.07) is 0. The third-order valence-corrected chi connectivity index (χ3v) is 11.2. The first-order chi connectivity index (χ1) is 24.5. The van der Waals surface area contributed by atoms with Gasteiger partial charge in [-0.05, 0) is 18.8 Å². The van der Waals surface area contributed by atoms with Crippen molar-refractivity contribution < 1.29 is 19.8 Å². The van der Waals surface area contributed by atoms with Crippen molar-refractivity contribution in [3.8, 4) is 0 Å². The van der Waals surface area contributed by atoms with Gasteiger partial charge in [0.1, 0.15) is 0 Å². The summed E-state index contributed by atoms with van der Waals surface area (Å²) in [5, 5.41) is 17.3. The molecular formula is C46H90O4. The third kappa shape index (κ3) is 45.0. The molecule has 0 saturated heterocycles. The van der Waals surface area contributed by atoms with Crippen molar-refractivity contribution in [3.05, 3.63) is 0 Å². The van der Waals surface area contributed by atoms with Crippen LogP contribution in [0.4, 0.5) is 0 Å². The number of carboxylic acids is 2. The standard InChI is InChI=1S/C46H90O4/c1-44(40-36-32-28-24-20-16-12-8-4-2-6-10-14-18-22-26-30-34-38-42-45(47)48)41-37-33-29-25-21-17-13-9-5-3-7-11-15-19-23-27-31-35-39-43-46(49)50/h44H,2-43H2,1H3,(H,47,48)(H,49,50). The molecule has 0 aliphatic heterocycles. The molecule has 2 N–H and O–H groups in total. The molecule has 0 spiro atoms. The SMILES string of the molecule is CC(CCCCCCCCCCCCCCCCCCCCCC(=O)O)CCCCCCCCCCCCCCCCCCCCCC(=O)O. The van der Waals surface area contributed by atoms with Gasteiger partial charge in [0.15, 0.2) is 0 Å². The van der Waals surface area contributed by atoms with Crippen molar-refractivity contribution in [1.82, 2.24) is 0 Å². The fraction of sp³-hybridized carbons (Fsp3) is 0.957. The number of rotatable bonds is 44. The molecule has 4 heteroatoms. The van der Waals surface area contributed by atoms with Crippen LogP contribution in [0.5, 0.6) is 0 Å². The first-order valence-electron chi connectivity index (χ1n) is 23.0. The van der Waals surface area contributed by atoms with Crippen molar-refractivity contribution >= 4 is 11.9 Å². The van der Waals surface area contributed by atoms with Gasteiger partial charge in [-0.15, -0.1) is 0 Å². The molecule has 0 radical (unpaired) electrons. The second-order valence-corrected chi connectivity index (χ2v) is 16.4. The van der Waals surface area contributed by atoms with E-state index >= 15 is 0 Å². The van der Waals surface area contributed by atoms with E-state index in [0.29, 0.717) is 12.8 Å². The fourth-order valence-electron chi connectivity index (χ4n) is 7.69. The van der Waals surface area contributed by atoms with E-state index in [1.807, 2.05) is 0 Å². The van der Waals surface area contributed by atoms with Gasteiger partial charge in [-0.1, -0.05) is 251 Å². The molecule has 0 amide bonds. The molecule has 4 nitrogen and oxygen atoms in total. The lowest BCUT2D eigenvalue weighted by Crippen LogP contribution is -1.95. The molecule has 0 fully saturated rings. The fourth-order valence-corrected chi connectivity index (χ4v) is 7.69. The average Bonchev–Trinajstić information content (AvgIpc) is 3.09. The molecule has 0 unspecified atom stereocenters. The Hall–Kier alpha value is -1.06. The second kappa shape index (κ2) is 42.4. The summed E-state index contributed by atoms with van der Waals surface area (Å²) in [4.78, 5) is 21.0. The van der Waals surface area contributed by atoms with E-state index in [1.165, 1.54) is 231 Å². The van der Waals surface area contributed by atoms with Gasteiger partial charge in [0.2, 0.25) is 0 Å². The molecule has 0 aliphatic carbocycles. The normalized spacial score (nSPS) is 11.6. The van der Waals surface area contributed by atoms with Gasteiger partial charge in [-0.3, -0.25) is 9.59 Å². The van der Waals surface area contributed by atoms with Crippen LogP contribution < -0.4 is 0 Å². The number of hydrogen-bond donors (Lipinski definition) is 2. The molecular weight excluding hydrogens is 617 g/mol. The smallest absolute Gasteiger partial charge is 0.303 e. The lowest BCUT2D eigenvalue weighted by Gasteiger charge is -2.11. The Labute approximate surface area is 313 Å². The molecule has 0 aliphatic rings. The number of unbranched alkanes of at least 4 members (excludes halogenated alkanes) is 36. The Bertz CT molecular complexity index is 621.